The number of nitrogens with one attached hydrogen (secondary N) is 2. The van der Waals surface area contributed by atoms with Crippen molar-refractivity contribution in [3.05, 3.63) is 98.3 Å². The van der Waals surface area contributed by atoms with Crippen molar-refractivity contribution in [1.82, 2.24) is 24.8 Å². The number of H-pyrrole nitrogens is 1. The highest BCUT2D eigenvalue weighted by molar-refractivity contribution is 5.88. The predicted octanol–water partition coefficient (Wildman–Crippen LogP) is 1.84. The SMILES string of the molecule is O=C(N[C@@H](c1ccccc1)c1ccc(C2CC2)c(F)n1)[C@@H]1CCCN1C(=O)Cn1ccc(=O)[nH]c1=O. The lowest BCUT2D eigenvalue weighted by molar-refractivity contribution is -0.139. The molecule has 2 fully saturated rings. The smallest absolute Gasteiger partial charge is 0.328 e. The molecule has 1 saturated heterocycles. The van der Waals surface area contributed by atoms with Crippen LogP contribution in [0.2, 0.25) is 0 Å². The fraction of sp³-hybridized carbons (Fsp3) is 0.346. The highest BCUT2D eigenvalue weighted by Crippen LogP contribution is 2.41. The molecular formula is C26H26FN5O4. The summed E-state index contributed by atoms with van der Waals surface area (Å²) in [5, 5.41) is 2.97. The second-order valence-corrected chi connectivity index (χ2v) is 9.23. The van der Waals surface area contributed by atoms with Crippen molar-refractivity contribution in [2.75, 3.05) is 6.54 Å². The number of aromatic nitrogens is 3. The molecule has 0 bridgehead atoms. The van der Waals surface area contributed by atoms with Gasteiger partial charge in [0, 0.05) is 24.4 Å². The van der Waals surface area contributed by atoms with Crippen LogP contribution in [0.25, 0.3) is 0 Å². The Morgan fingerprint density at radius 1 is 1.08 bits per heavy atom. The summed E-state index contributed by atoms with van der Waals surface area (Å²) < 4.78 is 15.9. The monoisotopic (exact) mass is 491 g/mol. The standard InChI is InChI=1S/C26H26FN5O4/c27-24-18(16-8-9-16)10-11-19(28-24)23(17-5-2-1-3-6-17)30-25(35)20-7-4-13-32(20)22(34)15-31-14-12-21(33)29-26(31)36/h1-3,5-6,10-12,14,16,20,23H,4,7-9,13,15H2,(H,30,35)(H,29,33,36)/t20-,23-/m0/s1. The molecule has 0 radical (unpaired) electrons. The topological polar surface area (TPSA) is 117 Å². The Labute approximate surface area is 206 Å². The number of carbonyl (C=O) groups excluding carboxylic acids is 2. The summed E-state index contributed by atoms with van der Waals surface area (Å²) in [6.07, 6.45) is 4.24. The summed E-state index contributed by atoms with van der Waals surface area (Å²) in [5.74, 6) is -1.09. The van der Waals surface area contributed by atoms with Crippen LogP contribution in [0, 0.1) is 5.95 Å². The second-order valence-electron chi connectivity index (χ2n) is 9.23. The van der Waals surface area contributed by atoms with Gasteiger partial charge in [-0.15, -0.1) is 0 Å². The number of hydrogen-bond donors (Lipinski definition) is 2. The Balaban J connectivity index is 1.36. The van der Waals surface area contributed by atoms with E-state index in [2.05, 4.69) is 15.3 Å². The minimum Gasteiger partial charge on any atom is -0.342 e. The molecule has 186 valence electrons. The van der Waals surface area contributed by atoms with Crippen molar-refractivity contribution in [3.63, 3.8) is 0 Å². The van der Waals surface area contributed by atoms with E-state index in [9.17, 15) is 23.6 Å². The highest BCUT2D eigenvalue weighted by Gasteiger charge is 2.36. The first-order chi connectivity index (χ1) is 17.4. The maximum Gasteiger partial charge on any atom is 0.328 e. The van der Waals surface area contributed by atoms with Gasteiger partial charge in [0.15, 0.2) is 0 Å². The number of rotatable bonds is 7. The van der Waals surface area contributed by atoms with E-state index in [0.29, 0.717) is 30.6 Å². The zero-order chi connectivity index (χ0) is 25.2. The van der Waals surface area contributed by atoms with Crippen LogP contribution in [0.5, 0.6) is 0 Å². The van der Waals surface area contributed by atoms with Crippen molar-refractivity contribution >= 4 is 11.8 Å². The first-order valence-electron chi connectivity index (χ1n) is 12.0. The molecule has 5 rings (SSSR count). The van der Waals surface area contributed by atoms with E-state index < -0.39 is 35.2 Å². The largest absolute Gasteiger partial charge is 0.342 e. The van der Waals surface area contributed by atoms with Gasteiger partial charge in [-0.3, -0.25) is 23.9 Å². The van der Waals surface area contributed by atoms with Crippen LogP contribution < -0.4 is 16.6 Å². The molecule has 1 aliphatic heterocycles. The number of aromatic amines is 1. The van der Waals surface area contributed by atoms with Gasteiger partial charge in [-0.2, -0.15) is 4.39 Å². The van der Waals surface area contributed by atoms with Gasteiger partial charge < -0.3 is 10.2 Å². The summed E-state index contributed by atoms with van der Waals surface area (Å²) in [6, 6.07) is 12.4. The molecule has 3 heterocycles. The van der Waals surface area contributed by atoms with Crippen molar-refractivity contribution in [2.24, 2.45) is 0 Å². The maximum atomic E-state index is 14.8. The third kappa shape index (κ3) is 4.98. The number of benzene rings is 1. The first-order valence-corrected chi connectivity index (χ1v) is 12.0. The van der Waals surface area contributed by atoms with Crippen LogP contribution in [-0.4, -0.2) is 43.8 Å². The Hall–Kier alpha value is -4.08. The Morgan fingerprint density at radius 3 is 2.56 bits per heavy atom. The highest BCUT2D eigenvalue weighted by atomic mass is 19.1. The van der Waals surface area contributed by atoms with Gasteiger partial charge in [-0.05, 0) is 43.2 Å². The lowest BCUT2D eigenvalue weighted by Crippen LogP contribution is -2.48. The van der Waals surface area contributed by atoms with Crippen LogP contribution in [-0.2, 0) is 16.1 Å². The van der Waals surface area contributed by atoms with Crippen molar-refractivity contribution in [3.8, 4) is 0 Å². The van der Waals surface area contributed by atoms with Crippen molar-refractivity contribution in [1.29, 1.82) is 0 Å². The van der Waals surface area contributed by atoms with Crippen LogP contribution in [0.15, 0.2) is 64.3 Å². The lowest BCUT2D eigenvalue weighted by atomic mass is 10.0. The number of amides is 2. The van der Waals surface area contributed by atoms with Crippen LogP contribution in [0.3, 0.4) is 0 Å². The van der Waals surface area contributed by atoms with Gasteiger partial charge in [-0.25, -0.2) is 9.78 Å². The molecule has 2 atom stereocenters. The van der Waals surface area contributed by atoms with Gasteiger partial charge in [0.2, 0.25) is 17.8 Å². The third-order valence-corrected chi connectivity index (χ3v) is 6.71. The molecule has 0 spiro atoms. The molecule has 3 aromatic rings. The fourth-order valence-corrected chi connectivity index (χ4v) is 4.67. The molecule has 10 heteroatoms. The second kappa shape index (κ2) is 9.88. The van der Waals surface area contributed by atoms with Gasteiger partial charge in [0.05, 0.1) is 11.7 Å². The number of halogens is 1. The number of hydrogen-bond acceptors (Lipinski definition) is 5. The lowest BCUT2D eigenvalue weighted by Gasteiger charge is -2.27. The van der Waals surface area contributed by atoms with Gasteiger partial charge in [0.1, 0.15) is 12.6 Å². The third-order valence-electron chi connectivity index (χ3n) is 6.71. The molecule has 2 amide bonds. The molecule has 36 heavy (non-hydrogen) atoms. The normalized spacial score (nSPS) is 18.1. The van der Waals surface area contributed by atoms with E-state index >= 15 is 0 Å². The maximum absolute atomic E-state index is 14.8. The molecule has 1 saturated carbocycles. The summed E-state index contributed by atoms with van der Waals surface area (Å²) in [5.41, 5.74) is 0.480. The molecule has 0 unspecified atom stereocenters. The minimum absolute atomic E-state index is 0.212. The first kappa shape index (κ1) is 23.7. The zero-order valence-electron chi connectivity index (χ0n) is 19.5. The van der Waals surface area contributed by atoms with Gasteiger partial charge in [0.25, 0.3) is 5.56 Å². The Kier molecular flexibility index (Phi) is 6.49. The summed E-state index contributed by atoms with van der Waals surface area (Å²) in [4.78, 5) is 57.4. The number of likely N-dealkylation sites (tertiary alicyclic amines) is 1. The van der Waals surface area contributed by atoms with E-state index in [4.69, 9.17) is 0 Å². The van der Waals surface area contributed by atoms with E-state index in [-0.39, 0.29) is 18.4 Å². The number of carbonyl (C=O) groups is 2. The van der Waals surface area contributed by atoms with Crippen molar-refractivity contribution in [2.45, 2.75) is 50.2 Å². The average molecular weight is 492 g/mol. The summed E-state index contributed by atoms with van der Waals surface area (Å²) in [7, 11) is 0. The number of nitrogens with zero attached hydrogens (tertiary/aromatic N) is 3. The van der Waals surface area contributed by atoms with Gasteiger partial charge >= 0.3 is 5.69 Å². The van der Waals surface area contributed by atoms with E-state index in [1.54, 1.807) is 12.1 Å². The summed E-state index contributed by atoms with van der Waals surface area (Å²) in [6.45, 7) is 0.0743. The quantitative estimate of drug-likeness (QED) is 0.489. The number of pyridine rings is 1. The van der Waals surface area contributed by atoms with E-state index in [1.165, 1.54) is 11.1 Å². The molecule has 1 aromatic carbocycles. The molecule has 9 nitrogen and oxygen atoms in total. The van der Waals surface area contributed by atoms with E-state index in [0.717, 1.165) is 29.0 Å². The Morgan fingerprint density at radius 2 is 1.86 bits per heavy atom. The van der Waals surface area contributed by atoms with E-state index in [1.807, 2.05) is 30.3 Å². The van der Waals surface area contributed by atoms with Gasteiger partial charge in [-0.1, -0.05) is 36.4 Å². The minimum atomic E-state index is -0.738. The summed E-state index contributed by atoms with van der Waals surface area (Å²) >= 11 is 0. The average Bonchev–Trinajstić information content (AvgIpc) is 3.59. The van der Waals surface area contributed by atoms with Crippen LogP contribution in [0.1, 0.15) is 54.5 Å². The van der Waals surface area contributed by atoms with Crippen LogP contribution in [0.4, 0.5) is 4.39 Å². The molecule has 2 aromatic heterocycles. The molecule has 1 aliphatic carbocycles. The van der Waals surface area contributed by atoms with Crippen LogP contribution >= 0.6 is 0 Å². The fourth-order valence-electron chi connectivity index (χ4n) is 4.67. The zero-order valence-corrected chi connectivity index (χ0v) is 19.5. The molecule has 2 N–H and O–H groups in total. The molecular weight excluding hydrogens is 465 g/mol. The predicted molar refractivity (Wildman–Crippen MR) is 129 cm³/mol. The Bertz CT molecular complexity index is 1400. The molecule has 2 aliphatic rings. The van der Waals surface area contributed by atoms with Crippen molar-refractivity contribution < 1.29 is 14.0 Å².